The molecule has 180 valence electrons. The van der Waals surface area contributed by atoms with Crippen LogP contribution in [0.2, 0.25) is 0 Å². The van der Waals surface area contributed by atoms with Gasteiger partial charge in [-0.05, 0) is 37.7 Å². The standard InChI is InChI=1S/C28H46N2OS/c1-2-3-4-5-6-7-8-9-10-11-12-13-14-15-16-20-23-29-27(31)26-24-32-28(30-26)25-21-18-17-19-22-25/h10-11,17-19,21-22,26,28,30H,2-9,12-16,20,23-24H2,1H3,(H,29,31)/b11-10+/t26-,28?/m0/s1. The first kappa shape index (κ1) is 27.0. The highest BCUT2D eigenvalue weighted by Gasteiger charge is 2.30. The van der Waals surface area contributed by atoms with E-state index in [2.05, 4.69) is 54.0 Å². The van der Waals surface area contributed by atoms with Gasteiger partial charge < -0.3 is 5.32 Å². The maximum absolute atomic E-state index is 12.4. The van der Waals surface area contributed by atoms with Crippen LogP contribution in [0.15, 0.2) is 42.5 Å². The van der Waals surface area contributed by atoms with Crippen LogP contribution in [0, 0.1) is 0 Å². The van der Waals surface area contributed by atoms with Crippen LogP contribution in [-0.4, -0.2) is 24.2 Å². The summed E-state index contributed by atoms with van der Waals surface area (Å²) in [5, 5.41) is 6.81. The lowest BCUT2D eigenvalue weighted by atomic mass is 10.1. The van der Waals surface area contributed by atoms with E-state index in [0.29, 0.717) is 0 Å². The van der Waals surface area contributed by atoms with Crippen LogP contribution in [0.4, 0.5) is 0 Å². The van der Waals surface area contributed by atoms with Crippen molar-refractivity contribution in [1.29, 1.82) is 0 Å². The molecule has 2 rings (SSSR count). The third kappa shape index (κ3) is 12.1. The summed E-state index contributed by atoms with van der Waals surface area (Å²) in [4.78, 5) is 12.4. The van der Waals surface area contributed by atoms with Crippen molar-refractivity contribution in [2.24, 2.45) is 0 Å². The van der Waals surface area contributed by atoms with Gasteiger partial charge in [0.05, 0.1) is 11.4 Å². The second-order valence-electron chi connectivity index (χ2n) is 9.07. The molecule has 0 aliphatic carbocycles. The summed E-state index contributed by atoms with van der Waals surface area (Å²) in [6, 6.07) is 10.3. The van der Waals surface area contributed by atoms with Crippen LogP contribution < -0.4 is 10.6 Å². The zero-order chi connectivity index (χ0) is 22.7. The Morgan fingerprint density at radius 3 is 2.16 bits per heavy atom. The van der Waals surface area contributed by atoms with Gasteiger partial charge in [-0.1, -0.05) is 107 Å². The number of rotatable bonds is 18. The molecular weight excluding hydrogens is 412 g/mol. The zero-order valence-electron chi connectivity index (χ0n) is 20.3. The molecule has 4 heteroatoms. The lowest BCUT2D eigenvalue weighted by Crippen LogP contribution is -2.42. The maximum atomic E-state index is 12.4. The Morgan fingerprint density at radius 1 is 0.906 bits per heavy atom. The fourth-order valence-corrected chi connectivity index (χ4v) is 5.39. The highest BCUT2D eigenvalue weighted by Crippen LogP contribution is 2.32. The Morgan fingerprint density at radius 2 is 1.50 bits per heavy atom. The van der Waals surface area contributed by atoms with Crippen molar-refractivity contribution in [2.45, 2.75) is 108 Å². The first-order chi connectivity index (χ1) is 15.8. The summed E-state index contributed by atoms with van der Waals surface area (Å²) in [6.45, 7) is 3.08. The fraction of sp³-hybridized carbons (Fsp3) is 0.679. The van der Waals surface area contributed by atoms with E-state index in [-0.39, 0.29) is 17.3 Å². The molecule has 1 heterocycles. The Labute approximate surface area is 201 Å². The van der Waals surface area contributed by atoms with Gasteiger partial charge in [0.1, 0.15) is 0 Å². The first-order valence-corrected chi connectivity index (χ1v) is 14.2. The second kappa shape index (κ2) is 18.2. The Balaban J connectivity index is 1.35. The van der Waals surface area contributed by atoms with Gasteiger partial charge in [0, 0.05) is 12.3 Å². The zero-order valence-corrected chi connectivity index (χ0v) is 21.1. The molecule has 1 aromatic carbocycles. The highest BCUT2D eigenvalue weighted by molar-refractivity contribution is 7.99. The van der Waals surface area contributed by atoms with E-state index < -0.39 is 0 Å². The van der Waals surface area contributed by atoms with Crippen LogP contribution in [0.3, 0.4) is 0 Å². The average molecular weight is 459 g/mol. The predicted molar refractivity (Wildman–Crippen MR) is 141 cm³/mol. The number of carbonyl (C=O) groups is 1. The summed E-state index contributed by atoms with van der Waals surface area (Å²) in [7, 11) is 0. The van der Waals surface area contributed by atoms with Gasteiger partial charge in [0.25, 0.3) is 0 Å². The normalized spacial score (nSPS) is 18.4. The van der Waals surface area contributed by atoms with Crippen LogP contribution in [-0.2, 0) is 4.79 Å². The predicted octanol–water partition coefficient (Wildman–Crippen LogP) is 7.54. The molecule has 2 N–H and O–H groups in total. The van der Waals surface area contributed by atoms with Crippen LogP contribution >= 0.6 is 11.8 Å². The minimum atomic E-state index is -0.0712. The largest absolute Gasteiger partial charge is 0.355 e. The molecule has 2 atom stereocenters. The summed E-state index contributed by atoms with van der Waals surface area (Å²) in [5.74, 6) is 1.000. The van der Waals surface area contributed by atoms with Gasteiger partial charge >= 0.3 is 0 Å². The number of hydrogen-bond acceptors (Lipinski definition) is 3. The molecule has 0 bridgehead atoms. The number of allylic oxidation sites excluding steroid dienone is 2. The van der Waals surface area contributed by atoms with Crippen molar-refractivity contribution in [3.8, 4) is 0 Å². The molecule has 1 saturated heterocycles. The molecule has 1 aliphatic rings. The third-order valence-electron chi connectivity index (χ3n) is 6.19. The summed E-state index contributed by atoms with van der Waals surface area (Å²) in [5.41, 5.74) is 1.25. The molecule has 0 radical (unpaired) electrons. The van der Waals surface area contributed by atoms with Crippen LogP contribution in [0.1, 0.15) is 108 Å². The quantitative estimate of drug-likeness (QED) is 0.176. The number of hydrogen-bond donors (Lipinski definition) is 2. The van der Waals surface area contributed by atoms with E-state index in [4.69, 9.17) is 0 Å². The number of amides is 1. The lowest BCUT2D eigenvalue weighted by Gasteiger charge is -2.13. The first-order valence-electron chi connectivity index (χ1n) is 13.2. The summed E-state index contributed by atoms with van der Waals surface area (Å²) < 4.78 is 0. The number of benzene rings is 1. The van der Waals surface area contributed by atoms with Gasteiger partial charge in [-0.15, -0.1) is 11.8 Å². The third-order valence-corrected chi connectivity index (χ3v) is 7.46. The molecule has 1 aliphatic heterocycles. The molecule has 0 aromatic heterocycles. The SMILES string of the molecule is CCCCCCCCC/C=C/CCCCCCCNC(=O)[C@@H]1CSC(c2ccccc2)N1. The second-order valence-corrected chi connectivity index (χ2v) is 10.2. The number of thioether (sulfide) groups is 1. The number of unbranched alkanes of at least 4 members (excludes halogenated alkanes) is 12. The molecule has 1 amide bonds. The topological polar surface area (TPSA) is 41.1 Å². The Bertz CT molecular complexity index is 619. The molecule has 1 unspecified atom stereocenters. The van der Waals surface area contributed by atoms with Gasteiger partial charge in [-0.25, -0.2) is 0 Å². The van der Waals surface area contributed by atoms with Crippen molar-refractivity contribution in [2.75, 3.05) is 12.3 Å². The molecule has 3 nitrogen and oxygen atoms in total. The van der Waals surface area contributed by atoms with Gasteiger partial charge in [0.15, 0.2) is 0 Å². The average Bonchev–Trinajstić information content (AvgIpc) is 3.32. The van der Waals surface area contributed by atoms with Crippen LogP contribution in [0.25, 0.3) is 0 Å². The van der Waals surface area contributed by atoms with Crippen molar-refractivity contribution in [3.63, 3.8) is 0 Å². The van der Waals surface area contributed by atoms with Gasteiger partial charge in [-0.2, -0.15) is 0 Å². The highest BCUT2D eigenvalue weighted by atomic mass is 32.2. The van der Waals surface area contributed by atoms with Gasteiger partial charge in [-0.3, -0.25) is 10.1 Å². The van der Waals surface area contributed by atoms with Crippen molar-refractivity contribution >= 4 is 17.7 Å². The van der Waals surface area contributed by atoms with E-state index in [1.165, 1.54) is 89.0 Å². The van der Waals surface area contributed by atoms with E-state index in [0.717, 1.165) is 18.7 Å². The molecule has 0 spiro atoms. The number of nitrogens with one attached hydrogen (secondary N) is 2. The summed E-state index contributed by atoms with van der Waals surface area (Å²) in [6.07, 6.45) is 23.2. The van der Waals surface area contributed by atoms with E-state index >= 15 is 0 Å². The van der Waals surface area contributed by atoms with Crippen molar-refractivity contribution in [1.82, 2.24) is 10.6 Å². The maximum Gasteiger partial charge on any atom is 0.238 e. The Kier molecular flexibility index (Phi) is 15.3. The monoisotopic (exact) mass is 458 g/mol. The molecule has 0 saturated carbocycles. The van der Waals surface area contributed by atoms with E-state index in [9.17, 15) is 4.79 Å². The smallest absolute Gasteiger partial charge is 0.238 e. The molecule has 32 heavy (non-hydrogen) atoms. The molecule has 1 fully saturated rings. The van der Waals surface area contributed by atoms with Gasteiger partial charge in [0.2, 0.25) is 5.91 Å². The van der Waals surface area contributed by atoms with E-state index in [1.54, 1.807) is 0 Å². The minimum Gasteiger partial charge on any atom is -0.355 e. The number of carbonyl (C=O) groups excluding carboxylic acids is 1. The Hall–Kier alpha value is -1.26. The molecular formula is C28H46N2OS. The van der Waals surface area contributed by atoms with Crippen molar-refractivity contribution < 1.29 is 4.79 Å². The summed E-state index contributed by atoms with van der Waals surface area (Å²) >= 11 is 1.82. The van der Waals surface area contributed by atoms with Crippen LogP contribution in [0.5, 0.6) is 0 Å². The minimum absolute atomic E-state index is 0.0712. The van der Waals surface area contributed by atoms with Crippen molar-refractivity contribution in [3.05, 3.63) is 48.0 Å². The molecule has 1 aromatic rings. The van der Waals surface area contributed by atoms with E-state index in [1.807, 2.05) is 17.8 Å². The fourth-order valence-electron chi connectivity index (χ4n) is 4.15. The lowest BCUT2D eigenvalue weighted by molar-refractivity contribution is -0.122.